The average Bonchev–Trinajstić information content (AvgIpc) is 2.25. The van der Waals surface area contributed by atoms with E-state index in [2.05, 4.69) is 15.9 Å². The van der Waals surface area contributed by atoms with Gasteiger partial charge in [-0.05, 0) is 39.7 Å². The van der Waals surface area contributed by atoms with Crippen LogP contribution in [0.25, 0.3) is 0 Å². The Morgan fingerprint density at radius 1 is 1.35 bits per heavy atom. The van der Waals surface area contributed by atoms with E-state index >= 15 is 0 Å². The fraction of sp³-hybridized carbons (Fsp3) is 0.0833. The van der Waals surface area contributed by atoms with Gasteiger partial charge in [-0.3, -0.25) is 4.79 Å². The number of aromatic hydroxyl groups is 1. The molecule has 17 heavy (non-hydrogen) atoms. The lowest BCUT2D eigenvalue weighted by Gasteiger charge is -2.08. The molecule has 1 aromatic carbocycles. The first-order valence-electron chi connectivity index (χ1n) is 4.99. The van der Waals surface area contributed by atoms with Crippen LogP contribution in [0.3, 0.4) is 0 Å². The van der Waals surface area contributed by atoms with E-state index in [9.17, 15) is 9.90 Å². The van der Waals surface area contributed by atoms with Gasteiger partial charge >= 0.3 is 0 Å². The monoisotopic (exact) mass is 294 g/mol. The van der Waals surface area contributed by atoms with Crippen LogP contribution in [0, 0.1) is 0 Å². The maximum atomic E-state index is 11.8. The number of hydrogen-bond acceptors (Lipinski definition) is 3. The SMILES string of the molecule is Nc1cc(Br)c(=O)n(Cc2cccc(O)c2)c1. The smallest absolute Gasteiger partial charge is 0.265 e. The summed E-state index contributed by atoms with van der Waals surface area (Å²) >= 11 is 3.16. The lowest BCUT2D eigenvalue weighted by molar-refractivity contribution is 0.474. The van der Waals surface area contributed by atoms with Crippen LogP contribution in [0.15, 0.2) is 45.8 Å². The molecule has 0 aliphatic rings. The topological polar surface area (TPSA) is 68.2 Å². The van der Waals surface area contributed by atoms with Crippen LogP contribution in [0.1, 0.15) is 5.56 Å². The van der Waals surface area contributed by atoms with Crippen LogP contribution in [-0.2, 0) is 6.54 Å². The Morgan fingerprint density at radius 2 is 2.12 bits per heavy atom. The second-order valence-electron chi connectivity index (χ2n) is 3.72. The van der Waals surface area contributed by atoms with Crippen LogP contribution in [0.5, 0.6) is 5.75 Å². The third-order valence-corrected chi connectivity index (χ3v) is 2.90. The van der Waals surface area contributed by atoms with Crippen molar-refractivity contribution >= 4 is 21.6 Å². The number of aromatic nitrogens is 1. The van der Waals surface area contributed by atoms with Crippen molar-refractivity contribution in [3.05, 3.63) is 56.9 Å². The van der Waals surface area contributed by atoms with E-state index in [0.29, 0.717) is 16.7 Å². The molecular weight excluding hydrogens is 284 g/mol. The number of anilines is 1. The fourth-order valence-electron chi connectivity index (χ4n) is 1.59. The number of phenolic OH excluding ortho intramolecular Hbond substituents is 1. The molecule has 1 heterocycles. The van der Waals surface area contributed by atoms with Crippen LogP contribution in [-0.4, -0.2) is 9.67 Å². The maximum Gasteiger partial charge on any atom is 0.265 e. The maximum absolute atomic E-state index is 11.8. The summed E-state index contributed by atoms with van der Waals surface area (Å²) in [5.74, 6) is 0.179. The number of nitrogens with zero attached hydrogens (tertiary/aromatic N) is 1. The zero-order valence-electron chi connectivity index (χ0n) is 8.93. The van der Waals surface area contributed by atoms with Gasteiger partial charge in [0.15, 0.2) is 0 Å². The van der Waals surface area contributed by atoms with E-state index in [-0.39, 0.29) is 11.3 Å². The molecule has 0 amide bonds. The largest absolute Gasteiger partial charge is 0.508 e. The van der Waals surface area contributed by atoms with Gasteiger partial charge in [0.1, 0.15) is 5.75 Å². The van der Waals surface area contributed by atoms with Gasteiger partial charge in [0.2, 0.25) is 0 Å². The highest BCUT2D eigenvalue weighted by Gasteiger charge is 2.04. The lowest BCUT2D eigenvalue weighted by atomic mass is 10.2. The summed E-state index contributed by atoms with van der Waals surface area (Å²) < 4.78 is 1.92. The van der Waals surface area contributed by atoms with E-state index in [1.807, 2.05) is 6.07 Å². The minimum atomic E-state index is -0.150. The van der Waals surface area contributed by atoms with E-state index in [1.165, 1.54) is 4.57 Å². The van der Waals surface area contributed by atoms with Crippen LogP contribution in [0.4, 0.5) is 5.69 Å². The fourth-order valence-corrected chi connectivity index (χ4v) is 2.08. The van der Waals surface area contributed by atoms with E-state index < -0.39 is 0 Å². The molecule has 3 N–H and O–H groups in total. The summed E-state index contributed by atoms with van der Waals surface area (Å²) in [5.41, 5.74) is 6.87. The number of rotatable bonds is 2. The molecule has 0 fully saturated rings. The summed E-state index contributed by atoms with van der Waals surface area (Å²) in [5, 5.41) is 9.35. The Hall–Kier alpha value is -1.75. The lowest BCUT2D eigenvalue weighted by Crippen LogP contribution is -2.21. The van der Waals surface area contributed by atoms with Gasteiger partial charge in [-0.15, -0.1) is 0 Å². The Balaban J connectivity index is 2.40. The third kappa shape index (κ3) is 2.68. The van der Waals surface area contributed by atoms with Gasteiger partial charge in [-0.1, -0.05) is 12.1 Å². The van der Waals surface area contributed by atoms with Crippen molar-refractivity contribution in [3.63, 3.8) is 0 Å². The Labute approximate surface area is 106 Å². The number of benzene rings is 1. The highest BCUT2D eigenvalue weighted by atomic mass is 79.9. The Morgan fingerprint density at radius 3 is 2.82 bits per heavy atom. The molecular formula is C12H11BrN2O2. The molecule has 0 unspecified atom stereocenters. The molecule has 2 rings (SSSR count). The molecule has 2 aromatic rings. The predicted molar refractivity (Wildman–Crippen MR) is 70.0 cm³/mol. The van der Waals surface area contributed by atoms with Crippen molar-refractivity contribution in [1.82, 2.24) is 4.57 Å². The van der Waals surface area contributed by atoms with Crippen molar-refractivity contribution in [2.24, 2.45) is 0 Å². The predicted octanol–water partition coefficient (Wildman–Crippen LogP) is 1.95. The first-order chi connectivity index (χ1) is 8.06. The molecule has 0 radical (unpaired) electrons. The highest BCUT2D eigenvalue weighted by molar-refractivity contribution is 9.10. The van der Waals surface area contributed by atoms with Crippen molar-refractivity contribution in [2.45, 2.75) is 6.54 Å². The minimum Gasteiger partial charge on any atom is -0.508 e. The summed E-state index contributed by atoms with van der Waals surface area (Å²) in [6, 6.07) is 8.34. The highest BCUT2D eigenvalue weighted by Crippen LogP contribution is 2.13. The summed E-state index contributed by atoms with van der Waals surface area (Å²) in [7, 11) is 0. The van der Waals surface area contributed by atoms with Gasteiger partial charge in [-0.2, -0.15) is 0 Å². The summed E-state index contributed by atoms with van der Waals surface area (Å²) in [6.07, 6.45) is 1.58. The van der Waals surface area contributed by atoms with Crippen LogP contribution in [0.2, 0.25) is 0 Å². The van der Waals surface area contributed by atoms with Crippen LogP contribution < -0.4 is 11.3 Å². The molecule has 0 saturated carbocycles. The molecule has 4 nitrogen and oxygen atoms in total. The van der Waals surface area contributed by atoms with Gasteiger partial charge < -0.3 is 15.4 Å². The standard InChI is InChI=1S/C12H11BrN2O2/c13-11-5-9(14)7-15(12(11)17)6-8-2-1-3-10(16)4-8/h1-5,7,16H,6,14H2. The molecule has 88 valence electrons. The number of pyridine rings is 1. The summed E-state index contributed by atoms with van der Waals surface area (Å²) in [4.78, 5) is 11.8. The molecule has 1 aromatic heterocycles. The van der Waals surface area contributed by atoms with Gasteiger partial charge in [-0.25, -0.2) is 0 Å². The molecule has 0 spiro atoms. The first-order valence-corrected chi connectivity index (χ1v) is 5.79. The second-order valence-corrected chi connectivity index (χ2v) is 4.58. The summed E-state index contributed by atoms with van der Waals surface area (Å²) in [6.45, 7) is 0.372. The van der Waals surface area contributed by atoms with Gasteiger partial charge in [0, 0.05) is 11.9 Å². The van der Waals surface area contributed by atoms with E-state index in [0.717, 1.165) is 5.56 Å². The number of halogens is 1. The molecule has 0 aliphatic heterocycles. The number of hydrogen-bond donors (Lipinski definition) is 2. The van der Waals surface area contributed by atoms with Crippen molar-refractivity contribution in [3.8, 4) is 5.75 Å². The zero-order valence-corrected chi connectivity index (χ0v) is 10.5. The van der Waals surface area contributed by atoms with Crippen molar-refractivity contribution in [1.29, 1.82) is 0 Å². The number of phenols is 1. The minimum absolute atomic E-state index is 0.150. The molecule has 5 heteroatoms. The molecule has 0 atom stereocenters. The van der Waals surface area contributed by atoms with Crippen LogP contribution >= 0.6 is 15.9 Å². The van der Waals surface area contributed by atoms with E-state index in [4.69, 9.17) is 5.73 Å². The zero-order chi connectivity index (χ0) is 12.4. The quantitative estimate of drug-likeness (QED) is 0.889. The van der Waals surface area contributed by atoms with Gasteiger partial charge in [0.05, 0.1) is 11.0 Å². The van der Waals surface area contributed by atoms with Crippen molar-refractivity contribution in [2.75, 3.05) is 5.73 Å². The van der Waals surface area contributed by atoms with E-state index in [1.54, 1.807) is 30.5 Å². The number of nitrogen functional groups attached to an aromatic ring is 1. The van der Waals surface area contributed by atoms with Gasteiger partial charge in [0.25, 0.3) is 5.56 Å². The number of nitrogens with two attached hydrogens (primary N) is 1. The Kier molecular flexibility index (Phi) is 3.19. The molecule has 0 saturated heterocycles. The second kappa shape index (κ2) is 4.63. The molecule has 0 aliphatic carbocycles. The Bertz CT molecular complexity index is 608. The molecule has 0 bridgehead atoms. The average molecular weight is 295 g/mol. The first kappa shape index (κ1) is 11.7. The van der Waals surface area contributed by atoms with Crippen molar-refractivity contribution < 1.29 is 5.11 Å². The normalized spacial score (nSPS) is 10.4. The third-order valence-electron chi connectivity index (χ3n) is 2.33.